The molecular formula is C16H24N2O5S. The monoisotopic (exact) mass is 356 g/mol. The standard InChI is InChI=1S/C16H24N2O5S/c1-17(2)18(13-7-8-24(20,21)11-13)10-14(19)12-5-6-15(22-3)16(9-12)23-4/h5-6,9,13H,7-8,10-11H2,1-4H3/t13-/m1/s1. The van der Waals surface area contributed by atoms with Crippen molar-refractivity contribution in [2.45, 2.75) is 12.5 Å². The molecule has 0 radical (unpaired) electrons. The second kappa shape index (κ2) is 7.50. The van der Waals surface area contributed by atoms with Gasteiger partial charge >= 0.3 is 0 Å². The lowest BCUT2D eigenvalue weighted by atomic mass is 10.1. The topological polar surface area (TPSA) is 76.2 Å². The highest BCUT2D eigenvalue weighted by molar-refractivity contribution is 7.91. The van der Waals surface area contributed by atoms with Crippen LogP contribution in [0.15, 0.2) is 18.2 Å². The van der Waals surface area contributed by atoms with E-state index in [1.165, 1.54) is 14.2 Å². The van der Waals surface area contributed by atoms with Crippen LogP contribution < -0.4 is 9.47 Å². The number of nitrogens with zero attached hydrogens (tertiary/aromatic N) is 2. The van der Waals surface area contributed by atoms with Crippen molar-refractivity contribution in [1.82, 2.24) is 10.0 Å². The lowest BCUT2D eigenvalue weighted by molar-refractivity contribution is -0.00425. The lowest BCUT2D eigenvalue weighted by Crippen LogP contribution is -2.48. The Kier molecular flexibility index (Phi) is 5.84. The largest absolute Gasteiger partial charge is 0.493 e. The average Bonchev–Trinajstić information content (AvgIpc) is 2.90. The zero-order chi connectivity index (χ0) is 17.9. The molecule has 2 rings (SSSR count). The number of sulfone groups is 1. The van der Waals surface area contributed by atoms with Crippen LogP contribution >= 0.6 is 0 Å². The molecule has 24 heavy (non-hydrogen) atoms. The minimum atomic E-state index is -3.01. The van der Waals surface area contributed by atoms with Gasteiger partial charge in [-0.05, 0) is 24.6 Å². The third-order valence-electron chi connectivity index (χ3n) is 4.15. The molecule has 0 saturated carbocycles. The van der Waals surface area contributed by atoms with Gasteiger partial charge in [0.15, 0.2) is 27.1 Å². The number of methoxy groups -OCH3 is 2. The Morgan fingerprint density at radius 1 is 1.21 bits per heavy atom. The normalized spacial score (nSPS) is 19.7. The second-order valence-corrected chi connectivity index (χ2v) is 8.22. The van der Waals surface area contributed by atoms with Gasteiger partial charge in [0.05, 0.1) is 32.3 Å². The highest BCUT2D eigenvalue weighted by Gasteiger charge is 2.34. The van der Waals surface area contributed by atoms with E-state index in [0.29, 0.717) is 23.5 Å². The van der Waals surface area contributed by atoms with E-state index in [4.69, 9.17) is 9.47 Å². The van der Waals surface area contributed by atoms with E-state index in [-0.39, 0.29) is 29.9 Å². The molecule has 1 aliphatic heterocycles. The summed E-state index contributed by atoms with van der Waals surface area (Å²) in [6, 6.07) is 4.84. The van der Waals surface area contributed by atoms with Crippen molar-refractivity contribution in [3.8, 4) is 11.5 Å². The summed E-state index contributed by atoms with van der Waals surface area (Å²) in [5.41, 5.74) is 0.500. The lowest BCUT2D eigenvalue weighted by Gasteiger charge is -2.33. The molecular weight excluding hydrogens is 332 g/mol. The molecule has 0 N–H and O–H groups in total. The predicted octanol–water partition coefficient (Wildman–Crippen LogP) is 0.852. The van der Waals surface area contributed by atoms with Crippen molar-refractivity contribution in [2.24, 2.45) is 0 Å². The number of hydrogen-bond donors (Lipinski definition) is 0. The number of hydrazine groups is 1. The van der Waals surface area contributed by atoms with E-state index in [1.807, 2.05) is 19.1 Å². The number of Topliss-reactive ketones (excluding diaryl/α,β-unsaturated/α-hetero) is 1. The molecule has 0 spiro atoms. The minimum Gasteiger partial charge on any atom is -0.493 e. The first-order valence-corrected chi connectivity index (χ1v) is 9.49. The zero-order valence-corrected chi connectivity index (χ0v) is 15.3. The highest BCUT2D eigenvalue weighted by atomic mass is 32.2. The second-order valence-electron chi connectivity index (χ2n) is 5.99. The molecule has 0 aliphatic carbocycles. The Morgan fingerprint density at radius 3 is 2.38 bits per heavy atom. The summed E-state index contributed by atoms with van der Waals surface area (Å²) in [7, 11) is 3.67. The van der Waals surface area contributed by atoms with Crippen LogP contribution in [0.2, 0.25) is 0 Å². The van der Waals surface area contributed by atoms with E-state index < -0.39 is 9.84 Å². The quantitative estimate of drug-likeness (QED) is 0.529. The van der Waals surface area contributed by atoms with Crippen LogP contribution in [0.5, 0.6) is 11.5 Å². The van der Waals surface area contributed by atoms with Crippen LogP contribution in [0.3, 0.4) is 0 Å². The summed E-state index contributed by atoms with van der Waals surface area (Å²) in [5.74, 6) is 1.20. The summed E-state index contributed by atoms with van der Waals surface area (Å²) >= 11 is 0. The Hall–Kier alpha value is -1.64. The Bertz CT molecular complexity index is 702. The van der Waals surface area contributed by atoms with Gasteiger partial charge in [-0.3, -0.25) is 4.79 Å². The summed E-state index contributed by atoms with van der Waals surface area (Å²) in [6.07, 6.45) is 0.541. The molecule has 8 heteroatoms. The molecule has 1 saturated heterocycles. The summed E-state index contributed by atoms with van der Waals surface area (Å²) < 4.78 is 33.8. The van der Waals surface area contributed by atoms with Gasteiger partial charge in [0.1, 0.15) is 0 Å². The molecule has 0 unspecified atom stereocenters. The van der Waals surface area contributed by atoms with Crippen molar-refractivity contribution in [3.05, 3.63) is 23.8 Å². The maximum atomic E-state index is 12.6. The fraction of sp³-hybridized carbons (Fsp3) is 0.562. The fourth-order valence-electron chi connectivity index (χ4n) is 2.86. The van der Waals surface area contributed by atoms with E-state index in [9.17, 15) is 13.2 Å². The summed E-state index contributed by atoms with van der Waals surface area (Å²) in [6.45, 7) is 0.114. The maximum absolute atomic E-state index is 12.6. The number of hydrogen-bond acceptors (Lipinski definition) is 7. The Morgan fingerprint density at radius 2 is 1.88 bits per heavy atom. The molecule has 1 fully saturated rings. The zero-order valence-electron chi connectivity index (χ0n) is 14.5. The van der Waals surface area contributed by atoms with Crippen LogP contribution in [0.25, 0.3) is 0 Å². The van der Waals surface area contributed by atoms with Gasteiger partial charge in [-0.25, -0.2) is 18.4 Å². The molecule has 1 atom stereocenters. The maximum Gasteiger partial charge on any atom is 0.178 e. The van der Waals surface area contributed by atoms with Crippen LogP contribution in [-0.4, -0.2) is 76.6 Å². The molecule has 1 aromatic carbocycles. The summed E-state index contributed by atoms with van der Waals surface area (Å²) in [4.78, 5) is 12.6. The van der Waals surface area contributed by atoms with Gasteiger partial charge in [0.2, 0.25) is 0 Å². The third-order valence-corrected chi connectivity index (χ3v) is 5.91. The van der Waals surface area contributed by atoms with Crippen molar-refractivity contribution < 1.29 is 22.7 Å². The highest BCUT2D eigenvalue weighted by Crippen LogP contribution is 2.28. The number of ketones is 1. The Labute approximate surface area is 143 Å². The molecule has 0 bridgehead atoms. The van der Waals surface area contributed by atoms with Gasteiger partial charge in [-0.1, -0.05) is 0 Å². The first-order chi connectivity index (χ1) is 11.3. The van der Waals surface area contributed by atoms with E-state index in [1.54, 1.807) is 23.2 Å². The van der Waals surface area contributed by atoms with Gasteiger partial charge in [-0.15, -0.1) is 0 Å². The molecule has 7 nitrogen and oxygen atoms in total. The van der Waals surface area contributed by atoms with Gasteiger partial charge < -0.3 is 9.47 Å². The smallest absolute Gasteiger partial charge is 0.178 e. The van der Waals surface area contributed by atoms with Gasteiger partial charge in [-0.2, -0.15) is 0 Å². The van der Waals surface area contributed by atoms with Gasteiger partial charge in [0, 0.05) is 25.7 Å². The number of carbonyl (C=O) groups excluding carboxylic acids is 1. The van der Waals surface area contributed by atoms with E-state index in [2.05, 4.69) is 0 Å². The molecule has 0 amide bonds. The predicted molar refractivity (Wildman–Crippen MR) is 91.3 cm³/mol. The number of benzene rings is 1. The average molecular weight is 356 g/mol. The number of rotatable bonds is 7. The van der Waals surface area contributed by atoms with Crippen molar-refractivity contribution in [2.75, 3.05) is 46.4 Å². The first-order valence-electron chi connectivity index (χ1n) is 7.67. The van der Waals surface area contributed by atoms with Crippen molar-refractivity contribution in [3.63, 3.8) is 0 Å². The van der Waals surface area contributed by atoms with Gasteiger partial charge in [0.25, 0.3) is 0 Å². The number of carbonyl (C=O) groups is 1. The van der Waals surface area contributed by atoms with Crippen LogP contribution in [0.4, 0.5) is 0 Å². The molecule has 1 aliphatic rings. The Balaban J connectivity index is 2.16. The third kappa shape index (κ3) is 4.25. The van der Waals surface area contributed by atoms with Crippen LogP contribution in [0, 0.1) is 0 Å². The van der Waals surface area contributed by atoms with Crippen molar-refractivity contribution in [1.29, 1.82) is 0 Å². The number of ether oxygens (including phenoxy) is 2. The summed E-state index contributed by atoms with van der Waals surface area (Å²) in [5, 5.41) is 3.59. The van der Waals surface area contributed by atoms with Crippen LogP contribution in [0.1, 0.15) is 16.8 Å². The molecule has 1 aromatic rings. The van der Waals surface area contributed by atoms with E-state index in [0.717, 1.165) is 0 Å². The van der Waals surface area contributed by atoms with Crippen molar-refractivity contribution >= 4 is 15.6 Å². The molecule has 0 aromatic heterocycles. The molecule has 1 heterocycles. The van der Waals surface area contributed by atoms with Crippen LogP contribution in [-0.2, 0) is 9.84 Å². The fourth-order valence-corrected chi connectivity index (χ4v) is 4.58. The molecule has 134 valence electrons. The SMILES string of the molecule is COc1ccc(C(=O)CN([C@@H]2CCS(=O)(=O)C2)N(C)C)cc1OC. The van der Waals surface area contributed by atoms with E-state index >= 15 is 0 Å². The first kappa shape index (κ1) is 18.7. The minimum absolute atomic E-state index is 0.0877.